The lowest BCUT2D eigenvalue weighted by atomic mass is 9.92. The Labute approximate surface area is 275 Å². The maximum absolute atomic E-state index is 14.2. The maximum atomic E-state index is 14.2. The van der Waals surface area contributed by atoms with Crippen LogP contribution in [0.4, 0.5) is 0 Å². The molecule has 0 radical (unpaired) electrons. The van der Waals surface area contributed by atoms with E-state index < -0.39 is 12.0 Å². The molecule has 9 heteroatoms. The molecular formula is C36H37BrN2O5S. The Morgan fingerprint density at radius 3 is 2.47 bits per heavy atom. The van der Waals surface area contributed by atoms with E-state index >= 15 is 0 Å². The molecule has 45 heavy (non-hydrogen) atoms. The highest BCUT2D eigenvalue weighted by molar-refractivity contribution is 9.10. The molecule has 4 aromatic rings. The zero-order valence-corrected chi connectivity index (χ0v) is 28.5. The lowest BCUT2D eigenvalue weighted by molar-refractivity contribution is -0.139. The average molecular weight is 690 g/mol. The minimum atomic E-state index is -0.653. The molecule has 1 atom stereocenters. The van der Waals surface area contributed by atoms with Gasteiger partial charge in [-0.05, 0) is 75.7 Å². The number of hydrogen-bond donors (Lipinski definition) is 0. The van der Waals surface area contributed by atoms with E-state index in [4.69, 9.17) is 19.2 Å². The molecule has 0 aliphatic carbocycles. The van der Waals surface area contributed by atoms with Crippen molar-refractivity contribution < 1.29 is 19.0 Å². The van der Waals surface area contributed by atoms with Crippen molar-refractivity contribution in [2.45, 2.75) is 59.1 Å². The van der Waals surface area contributed by atoms with Crippen LogP contribution in [0.3, 0.4) is 0 Å². The summed E-state index contributed by atoms with van der Waals surface area (Å²) in [5, 5.41) is 0. The molecule has 1 aromatic heterocycles. The number of aromatic nitrogens is 1. The normalized spacial score (nSPS) is 14.7. The van der Waals surface area contributed by atoms with Crippen LogP contribution in [0.1, 0.15) is 74.8 Å². The maximum Gasteiger partial charge on any atom is 0.338 e. The standard InChI is InChI=1S/C36H37BrN2O5S/c1-6-11-28-31(35(41)43-7-2)32(26-16-14-25(15-17-26)22(3)4)39-34(40)30(45-36(39)38-28)20-24-18-27(37)33(29(19-24)42-5)44-21-23-12-9-8-10-13-23/h8-10,12-20,22,32H,6-7,11,21H2,1-5H3/b30-20-/t32-/m0/s1. The van der Waals surface area contributed by atoms with Gasteiger partial charge in [-0.3, -0.25) is 9.36 Å². The van der Waals surface area contributed by atoms with E-state index in [1.54, 1.807) is 18.6 Å². The first-order chi connectivity index (χ1) is 21.7. The summed E-state index contributed by atoms with van der Waals surface area (Å²) in [6.45, 7) is 8.71. The first kappa shape index (κ1) is 32.4. The van der Waals surface area contributed by atoms with Crippen molar-refractivity contribution in [3.8, 4) is 11.5 Å². The molecule has 2 heterocycles. The van der Waals surface area contributed by atoms with E-state index in [0.29, 0.717) is 55.5 Å². The second-order valence-corrected chi connectivity index (χ2v) is 12.9. The number of methoxy groups -OCH3 is 1. The van der Waals surface area contributed by atoms with Crippen molar-refractivity contribution in [1.82, 2.24) is 4.57 Å². The van der Waals surface area contributed by atoms with Gasteiger partial charge < -0.3 is 14.2 Å². The minimum Gasteiger partial charge on any atom is -0.493 e. The lowest BCUT2D eigenvalue weighted by Gasteiger charge is -2.26. The summed E-state index contributed by atoms with van der Waals surface area (Å²) in [4.78, 5) is 33.0. The Balaban J connectivity index is 1.62. The Bertz CT molecular complexity index is 1890. The molecule has 0 N–H and O–H groups in total. The summed E-state index contributed by atoms with van der Waals surface area (Å²) >= 11 is 4.94. The molecule has 3 aromatic carbocycles. The van der Waals surface area contributed by atoms with Crippen LogP contribution >= 0.6 is 27.3 Å². The van der Waals surface area contributed by atoms with Gasteiger partial charge in [0, 0.05) is 0 Å². The number of nitrogens with zero attached hydrogens (tertiary/aromatic N) is 2. The SMILES string of the molecule is CCCC1=C(C(=O)OCC)[C@H](c2ccc(C(C)C)cc2)n2c(s/c(=C\c3cc(Br)c(OCc4ccccc4)c(OC)c3)c2=O)=N1. The van der Waals surface area contributed by atoms with Gasteiger partial charge in [0.25, 0.3) is 5.56 Å². The number of halogens is 1. The van der Waals surface area contributed by atoms with Crippen LogP contribution < -0.4 is 24.4 Å². The molecule has 0 saturated heterocycles. The van der Waals surface area contributed by atoms with Crippen LogP contribution in [-0.2, 0) is 16.1 Å². The zero-order chi connectivity index (χ0) is 32.1. The van der Waals surface area contributed by atoms with Crippen molar-refractivity contribution in [2.24, 2.45) is 4.99 Å². The van der Waals surface area contributed by atoms with Crippen LogP contribution in [0.5, 0.6) is 11.5 Å². The molecule has 5 rings (SSSR count). The summed E-state index contributed by atoms with van der Waals surface area (Å²) in [6, 6.07) is 21.1. The van der Waals surface area contributed by atoms with E-state index in [0.717, 1.165) is 23.1 Å². The number of ether oxygens (including phenoxy) is 3. The van der Waals surface area contributed by atoms with Crippen molar-refractivity contribution in [3.05, 3.63) is 124 Å². The van der Waals surface area contributed by atoms with Crippen LogP contribution in [0.15, 0.2) is 92.3 Å². The molecule has 0 bridgehead atoms. The third-order valence-electron chi connectivity index (χ3n) is 7.59. The summed E-state index contributed by atoms with van der Waals surface area (Å²) in [7, 11) is 1.59. The molecule has 0 spiro atoms. The Morgan fingerprint density at radius 1 is 1.09 bits per heavy atom. The van der Waals surface area contributed by atoms with Gasteiger partial charge in [-0.2, -0.15) is 0 Å². The van der Waals surface area contributed by atoms with Crippen molar-refractivity contribution >= 4 is 39.3 Å². The molecule has 234 valence electrons. The molecule has 0 fully saturated rings. The second-order valence-electron chi connectivity index (χ2n) is 11.0. The van der Waals surface area contributed by atoms with E-state index in [-0.39, 0.29) is 12.2 Å². The number of thiazole rings is 1. The highest BCUT2D eigenvalue weighted by Crippen LogP contribution is 2.38. The van der Waals surface area contributed by atoms with Gasteiger partial charge >= 0.3 is 5.97 Å². The third-order valence-corrected chi connectivity index (χ3v) is 9.16. The van der Waals surface area contributed by atoms with Crippen molar-refractivity contribution in [3.63, 3.8) is 0 Å². The zero-order valence-electron chi connectivity index (χ0n) is 26.1. The molecule has 0 amide bonds. The fraction of sp³-hybridized carbons (Fsp3) is 0.306. The fourth-order valence-electron chi connectivity index (χ4n) is 5.34. The summed E-state index contributed by atoms with van der Waals surface area (Å²) in [5.74, 6) is 1.02. The second kappa shape index (κ2) is 14.4. The fourth-order valence-corrected chi connectivity index (χ4v) is 6.94. The summed E-state index contributed by atoms with van der Waals surface area (Å²) < 4.78 is 20.1. The van der Waals surface area contributed by atoms with Gasteiger partial charge in [0.2, 0.25) is 0 Å². The number of fused-ring (bicyclic) bond motifs is 1. The monoisotopic (exact) mass is 688 g/mol. The first-order valence-corrected chi connectivity index (χ1v) is 16.7. The van der Waals surface area contributed by atoms with Gasteiger partial charge in [-0.15, -0.1) is 0 Å². The van der Waals surface area contributed by atoms with E-state index in [9.17, 15) is 9.59 Å². The third kappa shape index (κ3) is 6.99. The molecule has 1 aliphatic rings. The van der Waals surface area contributed by atoms with Crippen LogP contribution in [0.25, 0.3) is 6.08 Å². The Kier molecular flexibility index (Phi) is 10.4. The summed E-state index contributed by atoms with van der Waals surface area (Å²) in [5.41, 5.74) is 4.65. The van der Waals surface area contributed by atoms with Crippen LogP contribution in [0.2, 0.25) is 0 Å². The number of hydrogen-bond acceptors (Lipinski definition) is 7. The number of benzene rings is 3. The molecule has 1 aliphatic heterocycles. The van der Waals surface area contributed by atoms with Crippen LogP contribution in [0, 0.1) is 0 Å². The van der Waals surface area contributed by atoms with E-state index in [1.165, 1.54) is 16.9 Å². The van der Waals surface area contributed by atoms with Crippen molar-refractivity contribution in [2.75, 3.05) is 13.7 Å². The van der Waals surface area contributed by atoms with Crippen molar-refractivity contribution in [1.29, 1.82) is 0 Å². The smallest absolute Gasteiger partial charge is 0.338 e. The van der Waals surface area contributed by atoms with Crippen LogP contribution in [-0.4, -0.2) is 24.3 Å². The molecule has 7 nitrogen and oxygen atoms in total. The predicted octanol–water partition coefficient (Wildman–Crippen LogP) is 7.05. The van der Waals surface area contributed by atoms with Gasteiger partial charge in [0.05, 0.1) is 40.0 Å². The molecular weight excluding hydrogens is 652 g/mol. The molecule has 0 unspecified atom stereocenters. The predicted molar refractivity (Wildman–Crippen MR) is 182 cm³/mol. The highest BCUT2D eigenvalue weighted by Gasteiger charge is 2.34. The minimum absolute atomic E-state index is 0.228. The first-order valence-electron chi connectivity index (χ1n) is 15.1. The van der Waals surface area contributed by atoms with Gasteiger partial charge in [-0.25, -0.2) is 9.79 Å². The molecule has 0 saturated carbocycles. The summed E-state index contributed by atoms with van der Waals surface area (Å²) in [6.07, 6.45) is 3.21. The van der Waals surface area contributed by atoms with Gasteiger partial charge in [0.1, 0.15) is 6.61 Å². The van der Waals surface area contributed by atoms with Gasteiger partial charge in [-0.1, -0.05) is 93.1 Å². The number of allylic oxidation sites excluding steroid dienone is 1. The topological polar surface area (TPSA) is 79.1 Å². The number of carbonyl (C=O) groups excluding carboxylic acids is 1. The highest BCUT2D eigenvalue weighted by atomic mass is 79.9. The largest absolute Gasteiger partial charge is 0.493 e. The number of esters is 1. The van der Waals surface area contributed by atoms with E-state index in [2.05, 4.69) is 41.9 Å². The van der Waals surface area contributed by atoms with E-state index in [1.807, 2.05) is 67.6 Å². The Hall–Kier alpha value is -3.95. The Morgan fingerprint density at radius 2 is 1.82 bits per heavy atom. The number of rotatable bonds is 11. The quantitative estimate of drug-likeness (QED) is 0.158. The van der Waals surface area contributed by atoms with Gasteiger partial charge in [0.15, 0.2) is 16.3 Å². The number of carbonyl (C=O) groups is 1. The lowest BCUT2D eigenvalue weighted by Crippen LogP contribution is -2.40. The average Bonchev–Trinajstić information content (AvgIpc) is 3.34.